The monoisotopic (exact) mass is 540 g/mol. The molecule has 2 atom stereocenters. The first-order valence-corrected chi connectivity index (χ1v) is 12.5. The Morgan fingerprint density at radius 2 is 1.59 bits per heavy atom. The highest BCUT2D eigenvalue weighted by Gasteiger charge is 2.43. The second kappa shape index (κ2) is 12.2. The highest BCUT2D eigenvalue weighted by Crippen LogP contribution is 2.33. The molecular formula is C28H26Cl2N2O5. The van der Waals surface area contributed by atoms with Crippen LogP contribution in [0.25, 0.3) is 0 Å². The molecule has 192 valence electrons. The highest BCUT2D eigenvalue weighted by molar-refractivity contribution is 6.30. The SMILES string of the molecule is O=C(O)CN(CCc1cccc(Cl)c1)C(=O)[C@@H]1OCC(=O)N(Cc2cccc(Cl)c2)[C@@H]1c1ccccc1. The molecule has 0 aliphatic carbocycles. The van der Waals surface area contributed by atoms with E-state index in [0.717, 1.165) is 11.1 Å². The molecule has 7 nitrogen and oxygen atoms in total. The van der Waals surface area contributed by atoms with E-state index < -0.39 is 30.6 Å². The van der Waals surface area contributed by atoms with Crippen LogP contribution in [0, 0.1) is 0 Å². The number of carbonyl (C=O) groups excluding carboxylic acids is 2. The topological polar surface area (TPSA) is 87.1 Å². The molecule has 9 heteroatoms. The number of amides is 2. The van der Waals surface area contributed by atoms with E-state index >= 15 is 0 Å². The summed E-state index contributed by atoms with van der Waals surface area (Å²) in [6.45, 7) is -0.429. The number of morpholine rings is 1. The molecule has 4 rings (SSSR count). The molecule has 1 N–H and O–H groups in total. The summed E-state index contributed by atoms with van der Waals surface area (Å²) < 4.78 is 5.82. The number of carbonyl (C=O) groups is 3. The van der Waals surface area contributed by atoms with Crippen molar-refractivity contribution in [2.75, 3.05) is 19.7 Å². The predicted octanol–water partition coefficient (Wildman–Crippen LogP) is 4.62. The Labute approximate surface area is 225 Å². The molecule has 0 radical (unpaired) electrons. The molecular weight excluding hydrogens is 515 g/mol. The molecule has 3 aromatic carbocycles. The molecule has 1 aliphatic rings. The maximum Gasteiger partial charge on any atom is 0.323 e. The zero-order valence-corrected chi connectivity index (χ0v) is 21.4. The molecule has 3 aromatic rings. The maximum atomic E-state index is 13.8. The van der Waals surface area contributed by atoms with Gasteiger partial charge in [0, 0.05) is 23.1 Å². The first-order valence-electron chi connectivity index (χ1n) is 11.8. The van der Waals surface area contributed by atoms with Crippen molar-refractivity contribution >= 4 is 41.0 Å². The lowest BCUT2D eigenvalue weighted by Gasteiger charge is -2.42. The summed E-state index contributed by atoms with van der Waals surface area (Å²) in [4.78, 5) is 41.4. The minimum absolute atomic E-state index is 0.148. The van der Waals surface area contributed by atoms with Crippen LogP contribution in [0.15, 0.2) is 78.9 Å². The number of halogens is 2. The number of nitrogens with zero attached hydrogens (tertiary/aromatic N) is 2. The van der Waals surface area contributed by atoms with Crippen LogP contribution in [-0.4, -0.2) is 58.5 Å². The molecule has 2 amide bonds. The summed E-state index contributed by atoms with van der Waals surface area (Å²) >= 11 is 12.2. The molecule has 1 fully saturated rings. The summed E-state index contributed by atoms with van der Waals surface area (Å²) in [5, 5.41) is 10.6. The average Bonchev–Trinajstić information content (AvgIpc) is 2.87. The number of hydrogen-bond acceptors (Lipinski definition) is 4. The molecule has 37 heavy (non-hydrogen) atoms. The number of rotatable bonds is 9. The Kier molecular flexibility index (Phi) is 8.82. The summed E-state index contributed by atoms with van der Waals surface area (Å²) in [5.41, 5.74) is 2.39. The van der Waals surface area contributed by atoms with Crippen molar-refractivity contribution in [2.24, 2.45) is 0 Å². The van der Waals surface area contributed by atoms with E-state index in [4.69, 9.17) is 27.9 Å². The molecule has 1 aliphatic heterocycles. The van der Waals surface area contributed by atoms with Crippen molar-refractivity contribution in [2.45, 2.75) is 25.1 Å². The van der Waals surface area contributed by atoms with Crippen LogP contribution in [0.5, 0.6) is 0 Å². The lowest BCUT2D eigenvalue weighted by Crippen LogP contribution is -2.55. The minimum atomic E-state index is -1.14. The number of ether oxygens (including phenoxy) is 1. The predicted molar refractivity (Wildman–Crippen MR) is 140 cm³/mol. The van der Waals surface area contributed by atoms with E-state index in [9.17, 15) is 19.5 Å². The van der Waals surface area contributed by atoms with Crippen LogP contribution in [-0.2, 0) is 32.1 Å². The Balaban J connectivity index is 1.64. The molecule has 0 saturated carbocycles. The van der Waals surface area contributed by atoms with Crippen LogP contribution >= 0.6 is 23.2 Å². The van der Waals surface area contributed by atoms with Crippen molar-refractivity contribution in [3.63, 3.8) is 0 Å². The molecule has 0 spiro atoms. The first-order chi connectivity index (χ1) is 17.8. The number of hydrogen-bond donors (Lipinski definition) is 1. The molecule has 0 aromatic heterocycles. The maximum absolute atomic E-state index is 13.8. The van der Waals surface area contributed by atoms with Gasteiger partial charge in [0.05, 0.1) is 6.04 Å². The van der Waals surface area contributed by atoms with Gasteiger partial charge in [-0.2, -0.15) is 0 Å². The second-order valence-corrected chi connectivity index (χ2v) is 9.65. The fourth-order valence-electron chi connectivity index (χ4n) is 4.45. The zero-order chi connectivity index (χ0) is 26.4. The van der Waals surface area contributed by atoms with E-state index in [-0.39, 0.29) is 25.6 Å². The molecule has 1 saturated heterocycles. The zero-order valence-electron chi connectivity index (χ0n) is 19.9. The van der Waals surface area contributed by atoms with E-state index in [0.29, 0.717) is 22.0 Å². The normalized spacial score (nSPS) is 17.5. The number of carboxylic acids is 1. The standard InChI is InChI=1S/C28H26Cl2N2O5/c29-22-10-4-6-19(14-22)12-13-31(17-25(34)35)28(36)27-26(21-8-2-1-3-9-21)32(24(33)18-37-27)16-20-7-5-11-23(30)15-20/h1-11,14-15,26-27H,12-13,16-18H2,(H,34,35)/t26-,27-/m1/s1. The molecule has 0 unspecified atom stereocenters. The Hall–Kier alpha value is -3.39. The van der Waals surface area contributed by atoms with E-state index in [2.05, 4.69) is 0 Å². The fraction of sp³-hybridized carbons (Fsp3) is 0.250. The van der Waals surface area contributed by atoms with Crippen molar-refractivity contribution in [1.29, 1.82) is 0 Å². The van der Waals surface area contributed by atoms with Crippen LogP contribution in [0.4, 0.5) is 0 Å². The highest BCUT2D eigenvalue weighted by atomic mass is 35.5. The smallest absolute Gasteiger partial charge is 0.323 e. The van der Waals surface area contributed by atoms with E-state index in [1.807, 2.05) is 42.5 Å². The van der Waals surface area contributed by atoms with Crippen molar-refractivity contribution in [3.8, 4) is 0 Å². The van der Waals surface area contributed by atoms with Crippen LogP contribution in [0.1, 0.15) is 22.7 Å². The third kappa shape index (κ3) is 6.89. The second-order valence-electron chi connectivity index (χ2n) is 8.77. The van der Waals surface area contributed by atoms with Gasteiger partial charge in [0.2, 0.25) is 5.91 Å². The van der Waals surface area contributed by atoms with Gasteiger partial charge in [0.25, 0.3) is 5.91 Å². The number of aliphatic carboxylic acids is 1. The largest absolute Gasteiger partial charge is 0.480 e. The third-order valence-corrected chi connectivity index (χ3v) is 6.62. The number of carboxylic acid groups (broad SMARTS) is 1. The lowest BCUT2D eigenvalue weighted by molar-refractivity contribution is -0.171. The summed E-state index contributed by atoms with van der Waals surface area (Å²) in [6, 6.07) is 22.7. The molecule has 0 bridgehead atoms. The van der Waals surface area contributed by atoms with Gasteiger partial charge in [-0.25, -0.2) is 0 Å². The summed E-state index contributed by atoms with van der Waals surface area (Å²) in [6.07, 6.45) is -0.675. The van der Waals surface area contributed by atoms with Gasteiger partial charge in [-0.1, -0.05) is 77.8 Å². The quantitative estimate of drug-likeness (QED) is 0.428. The summed E-state index contributed by atoms with van der Waals surface area (Å²) in [5.74, 6) is -1.91. The van der Waals surface area contributed by atoms with E-state index in [1.54, 1.807) is 41.3 Å². The Morgan fingerprint density at radius 1 is 0.946 bits per heavy atom. The Bertz CT molecular complexity index is 1270. The van der Waals surface area contributed by atoms with Crippen molar-refractivity contribution in [3.05, 3.63) is 106 Å². The lowest BCUT2D eigenvalue weighted by atomic mass is 9.95. The van der Waals surface area contributed by atoms with Crippen LogP contribution in [0.2, 0.25) is 10.0 Å². The van der Waals surface area contributed by atoms with Gasteiger partial charge in [-0.3, -0.25) is 14.4 Å². The van der Waals surface area contributed by atoms with Crippen LogP contribution < -0.4 is 0 Å². The van der Waals surface area contributed by atoms with Gasteiger partial charge >= 0.3 is 5.97 Å². The van der Waals surface area contributed by atoms with Gasteiger partial charge in [-0.15, -0.1) is 0 Å². The first kappa shape index (κ1) is 26.7. The van der Waals surface area contributed by atoms with Gasteiger partial charge in [0.1, 0.15) is 13.2 Å². The average molecular weight is 541 g/mol. The van der Waals surface area contributed by atoms with Gasteiger partial charge in [0.15, 0.2) is 6.10 Å². The van der Waals surface area contributed by atoms with Gasteiger partial charge in [-0.05, 0) is 47.4 Å². The van der Waals surface area contributed by atoms with Crippen molar-refractivity contribution in [1.82, 2.24) is 9.80 Å². The number of benzene rings is 3. The van der Waals surface area contributed by atoms with Crippen molar-refractivity contribution < 1.29 is 24.2 Å². The van der Waals surface area contributed by atoms with E-state index in [1.165, 1.54) is 4.90 Å². The minimum Gasteiger partial charge on any atom is -0.480 e. The summed E-state index contributed by atoms with van der Waals surface area (Å²) in [7, 11) is 0. The fourth-order valence-corrected chi connectivity index (χ4v) is 4.88. The molecule has 1 heterocycles. The third-order valence-electron chi connectivity index (χ3n) is 6.15. The van der Waals surface area contributed by atoms with Gasteiger partial charge < -0.3 is 19.6 Å². The Morgan fingerprint density at radius 3 is 2.24 bits per heavy atom. The van der Waals surface area contributed by atoms with Crippen LogP contribution in [0.3, 0.4) is 0 Å².